The molecule has 74 valence electrons. The van der Waals surface area contributed by atoms with Gasteiger partial charge in [0.15, 0.2) is 0 Å². The van der Waals surface area contributed by atoms with Crippen LogP contribution in [0.5, 0.6) is 0 Å². The topological polar surface area (TPSA) is 12.0 Å². The van der Waals surface area contributed by atoms with Gasteiger partial charge in [-0.3, -0.25) is 0 Å². The lowest BCUT2D eigenvalue weighted by Crippen LogP contribution is -2.20. The van der Waals surface area contributed by atoms with Crippen LogP contribution in [0.4, 0.5) is 0 Å². The molecule has 2 heteroatoms. The molecule has 0 unspecified atom stereocenters. The summed E-state index contributed by atoms with van der Waals surface area (Å²) in [5.74, 6) is 0. The Hall–Kier alpha value is 0.177. The Kier molecular flexibility index (Phi) is 6.77. The van der Waals surface area contributed by atoms with Crippen LogP contribution in [0.15, 0.2) is 0 Å². The highest BCUT2D eigenvalue weighted by Gasteiger charge is 2.10. The molecular formula is C10H25NSi. The van der Waals surface area contributed by atoms with Crippen LogP contribution < -0.4 is 5.32 Å². The predicted molar refractivity (Wildman–Crippen MR) is 60.5 cm³/mol. The second kappa shape index (κ2) is 6.67. The van der Waals surface area contributed by atoms with Gasteiger partial charge in [-0.25, -0.2) is 0 Å². The molecule has 0 fully saturated rings. The van der Waals surface area contributed by atoms with Crippen molar-refractivity contribution >= 4 is 8.07 Å². The maximum absolute atomic E-state index is 3.44. The fourth-order valence-corrected chi connectivity index (χ4v) is 2.52. The zero-order chi connectivity index (χ0) is 9.45. The second-order valence-corrected chi connectivity index (χ2v) is 10.4. The second-order valence-electron chi connectivity index (χ2n) is 4.77. The molecule has 12 heavy (non-hydrogen) atoms. The first-order valence-corrected chi connectivity index (χ1v) is 8.97. The van der Waals surface area contributed by atoms with Gasteiger partial charge in [0.2, 0.25) is 0 Å². The lowest BCUT2D eigenvalue weighted by Gasteiger charge is -2.14. The maximum Gasteiger partial charge on any atom is 0.0442 e. The maximum atomic E-state index is 3.44. The van der Waals surface area contributed by atoms with E-state index in [4.69, 9.17) is 0 Å². The van der Waals surface area contributed by atoms with Crippen LogP contribution in [0.1, 0.15) is 26.2 Å². The van der Waals surface area contributed by atoms with Crippen LogP contribution in [-0.4, -0.2) is 21.2 Å². The number of nitrogens with one attached hydrogen (secondary N) is 1. The molecule has 1 N–H and O–H groups in total. The number of unbranched alkanes of at least 4 members (excludes halogenated alkanes) is 1. The molecular weight excluding hydrogens is 162 g/mol. The number of rotatable bonds is 7. The fourth-order valence-electron chi connectivity index (χ4n) is 1.21. The third-order valence-corrected chi connectivity index (χ3v) is 3.81. The summed E-state index contributed by atoms with van der Waals surface area (Å²) in [6.45, 7) is 12.0. The first kappa shape index (κ1) is 12.2. The van der Waals surface area contributed by atoms with E-state index in [9.17, 15) is 0 Å². The average molecular weight is 187 g/mol. The predicted octanol–water partition coefficient (Wildman–Crippen LogP) is 3.10. The van der Waals surface area contributed by atoms with E-state index in [0.29, 0.717) is 0 Å². The van der Waals surface area contributed by atoms with Crippen molar-refractivity contribution in [3.63, 3.8) is 0 Å². The third-order valence-electron chi connectivity index (χ3n) is 1.96. The van der Waals surface area contributed by atoms with Gasteiger partial charge in [-0.1, -0.05) is 39.0 Å². The van der Waals surface area contributed by atoms with Crippen LogP contribution in [-0.2, 0) is 0 Å². The van der Waals surface area contributed by atoms with Crippen LogP contribution in [0, 0.1) is 0 Å². The Morgan fingerprint density at radius 2 is 1.67 bits per heavy atom. The first-order chi connectivity index (χ1) is 5.56. The van der Waals surface area contributed by atoms with Gasteiger partial charge >= 0.3 is 0 Å². The number of hydrogen-bond acceptors (Lipinski definition) is 1. The largest absolute Gasteiger partial charge is 0.317 e. The molecule has 0 spiro atoms. The molecule has 0 saturated carbocycles. The van der Waals surface area contributed by atoms with Crippen LogP contribution in [0.2, 0.25) is 25.7 Å². The highest BCUT2D eigenvalue weighted by molar-refractivity contribution is 6.76. The summed E-state index contributed by atoms with van der Waals surface area (Å²) < 4.78 is 0. The molecule has 0 rings (SSSR count). The van der Waals surface area contributed by atoms with E-state index in [0.717, 1.165) is 0 Å². The standard InChI is InChI=1S/C10H25NSi/c1-5-8-11-9-6-7-10-12(2,3)4/h11H,5-10H2,1-4H3. The van der Waals surface area contributed by atoms with Crippen LogP contribution in [0.25, 0.3) is 0 Å². The quantitative estimate of drug-likeness (QED) is 0.477. The van der Waals surface area contributed by atoms with Crippen LogP contribution in [0.3, 0.4) is 0 Å². The summed E-state index contributed by atoms with van der Waals surface area (Å²) in [5, 5.41) is 3.44. The minimum Gasteiger partial charge on any atom is -0.317 e. The van der Waals surface area contributed by atoms with Gasteiger partial charge in [0.25, 0.3) is 0 Å². The van der Waals surface area contributed by atoms with E-state index >= 15 is 0 Å². The van der Waals surface area contributed by atoms with E-state index in [-0.39, 0.29) is 0 Å². The Morgan fingerprint density at radius 1 is 1.00 bits per heavy atom. The molecule has 0 saturated heterocycles. The van der Waals surface area contributed by atoms with E-state index in [1.165, 1.54) is 38.4 Å². The molecule has 0 aromatic rings. The summed E-state index contributed by atoms with van der Waals surface area (Å²) in [5.41, 5.74) is 0. The van der Waals surface area contributed by atoms with E-state index in [1.807, 2.05) is 0 Å². The van der Waals surface area contributed by atoms with Gasteiger partial charge in [0, 0.05) is 8.07 Å². The fraction of sp³-hybridized carbons (Fsp3) is 1.00. The van der Waals surface area contributed by atoms with Gasteiger partial charge in [0.05, 0.1) is 0 Å². The van der Waals surface area contributed by atoms with Crippen molar-refractivity contribution in [1.29, 1.82) is 0 Å². The molecule has 0 aliphatic heterocycles. The molecule has 0 amide bonds. The summed E-state index contributed by atoms with van der Waals surface area (Å²) >= 11 is 0. The molecule has 0 aromatic heterocycles. The minimum atomic E-state index is -0.753. The highest BCUT2D eigenvalue weighted by Crippen LogP contribution is 2.11. The molecule has 0 atom stereocenters. The van der Waals surface area contributed by atoms with Gasteiger partial charge in [-0.05, 0) is 25.9 Å². The summed E-state index contributed by atoms with van der Waals surface area (Å²) in [7, 11) is -0.753. The van der Waals surface area contributed by atoms with Gasteiger partial charge < -0.3 is 5.32 Å². The van der Waals surface area contributed by atoms with Gasteiger partial charge in [0.1, 0.15) is 0 Å². The molecule has 0 aliphatic carbocycles. The molecule has 0 bridgehead atoms. The Balaban J connectivity index is 3.01. The molecule has 0 heterocycles. The van der Waals surface area contributed by atoms with Crippen molar-refractivity contribution in [2.75, 3.05) is 13.1 Å². The lowest BCUT2D eigenvalue weighted by atomic mass is 10.3. The molecule has 0 aliphatic rings. The molecule has 0 aromatic carbocycles. The third kappa shape index (κ3) is 10.2. The molecule has 0 radical (unpaired) electrons. The van der Waals surface area contributed by atoms with E-state index < -0.39 is 8.07 Å². The minimum absolute atomic E-state index is 0.753. The molecule has 1 nitrogen and oxygen atoms in total. The zero-order valence-electron chi connectivity index (χ0n) is 9.24. The monoisotopic (exact) mass is 187 g/mol. The average Bonchev–Trinajstić information content (AvgIpc) is 1.94. The van der Waals surface area contributed by atoms with Gasteiger partial charge in [-0.15, -0.1) is 0 Å². The van der Waals surface area contributed by atoms with Gasteiger partial charge in [-0.2, -0.15) is 0 Å². The van der Waals surface area contributed by atoms with Crippen molar-refractivity contribution in [2.24, 2.45) is 0 Å². The summed E-state index contributed by atoms with van der Waals surface area (Å²) in [6.07, 6.45) is 4.05. The van der Waals surface area contributed by atoms with Crippen molar-refractivity contribution in [2.45, 2.75) is 51.9 Å². The highest BCUT2D eigenvalue weighted by atomic mass is 28.3. The zero-order valence-corrected chi connectivity index (χ0v) is 10.2. The Labute approximate surface area is 79.0 Å². The van der Waals surface area contributed by atoms with Crippen molar-refractivity contribution in [1.82, 2.24) is 5.32 Å². The van der Waals surface area contributed by atoms with Crippen molar-refractivity contribution in [3.05, 3.63) is 0 Å². The van der Waals surface area contributed by atoms with E-state index in [2.05, 4.69) is 31.9 Å². The first-order valence-electron chi connectivity index (χ1n) is 5.27. The Bertz CT molecular complexity index is 96.5. The summed E-state index contributed by atoms with van der Waals surface area (Å²) in [6, 6.07) is 1.49. The van der Waals surface area contributed by atoms with Crippen molar-refractivity contribution in [3.8, 4) is 0 Å². The SMILES string of the molecule is CCCNCCCC[Si](C)(C)C. The van der Waals surface area contributed by atoms with E-state index in [1.54, 1.807) is 0 Å². The Morgan fingerprint density at radius 3 is 2.17 bits per heavy atom. The smallest absolute Gasteiger partial charge is 0.0442 e. The number of hydrogen-bond donors (Lipinski definition) is 1. The summed E-state index contributed by atoms with van der Waals surface area (Å²) in [4.78, 5) is 0. The van der Waals surface area contributed by atoms with Crippen LogP contribution >= 0.6 is 0 Å². The lowest BCUT2D eigenvalue weighted by molar-refractivity contribution is 0.631. The normalized spacial score (nSPS) is 12.0. The van der Waals surface area contributed by atoms with Crippen molar-refractivity contribution < 1.29 is 0 Å².